The normalized spacial score (nSPS) is 11.3. The van der Waals surface area contributed by atoms with E-state index in [1.54, 1.807) is 0 Å². The Labute approximate surface area is 138 Å². The van der Waals surface area contributed by atoms with Crippen LogP contribution in [-0.2, 0) is 6.42 Å². The van der Waals surface area contributed by atoms with E-state index in [0.29, 0.717) is 5.92 Å². The topological polar surface area (TPSA) is 0 Å². The number of hydrogen-bond acceptors (Lipinski definition) is 0. The zero-order valence-electron chi connectivity index (χ0n) is 13.4. The third kappa shape index (κ3) is 3.03. The molecule has 0 unspecified atom stereocenters. The molecule has 0 radical (unpaired) electrons. The van der Waals surface area contributed by atoms with Gasteiger partial charge in [-0.3, -0.25) is 0 Å². The summed E-state index contributed by atoms with van der Waals surface area (Å²) < 4.78 is 0. The van der Waals surface area contributed by atoms with Gasteiger partial charge >= 0.3 is 0 Å². The maximum absolute atomic E-state index is 6.13. The van der Waals surface area contributed by atoms with Gasteiger partial charge < -0.3 is 0 Å². The fourth-order valence-electron chi connectivity index (χ4n) is 2.95. The van der Waals surface area contributed by atoms with Crippen molar-refractivity contribution in [3.8, 4) is 11.1 Å². The molecule has 0 amide bonds. The van der Waals surface area contributed by atoms with Crippen LogP contribution in [0.3, 0.4) is 0 Å². The first kappa shape index (κ1) is 15.1. The maximum Gasteiger partial charge on any atom is 0.0408 e. The predicted molar refractivity (Wildman–Crippen MR) is 96.1 cm³/mol. The van der Waals surface area contributed by atoms with Crippen molar-refractivity contribution < 1.29 is 0 Å². The van der Waals surface area contributed by atoms with Crippen LogP contribution >= 0.6 is 11.6 Å². The first-order chi connectivity index (χ1) is 10.5. The molecule has 1 aromatic rings. The fourth-order valence-corrected chi connectivity index (χ4v) is 3.17. The molecule has 1 heteroatoms. The number of fused-ring (bicyclic) bond motifs is 1. The molecule has 0 aromatic heterocycles. The van der Waals surface area contributed by atoms with Crippen molar-refractivity contribution in [3.63, 3.8) is 0 Å². The van der Waals surface area contributed by atoms with E-state index in [4.69, 9.17) is 11.6 Å². The quantitative estimate of drug-likeness (QED) is 0.520. The van der Waals surface area contributed by atoms with Crippen molar-refractivity contribution in [1.29, 1.82) is 0 Å². The third-order valence-electron chi connectivity index (χ3n) is 4.30. The summed E-state index contributed by atoms with van der Waals surface area (Å²) >= 11 is 6.13. The van der Waals surface area contributed by atoms with Crippen LogP contribution in [0.15, 0.2) is 54.6 Å². The molecule has 0 aliphatic heterocycles. The molecule has 0 nitrogen and oxygen atoms in total. The number of halogens is 1. The van der Waals surface area contributed by atoms with Gasteiger partial charge in [0.2, 0.25) is 0 Å². The molecular formula is C21H21Cl. The lowest BCUT2D eigenvalue weighted by molar-refractivity contribution is 0.868. The van der Waals surface area contributed by atoms with Crippen molar-refractivity contribution in [1.82, 2.24) is 0 Å². The lowest BCUT2D eigenvalue weighted by atomic mass is 9.99. The van der Waals surface area contributed by atoms with Gasteiger partial charge in [0.15, 0.2) is 0 Å². The third-order valence-corrected chi connectivity index (χ3v) is 4.53. The van der Waals surface area contributed by atoms with Crippen molar-refractivity contribution >= 4 is 11.6 Å². The van der Waals surface area contributed by atoms with Gasteiger partial charge in [-0.15, -0.1) is 0 Å². The fraction of sp³-hybridized carbons (Fsp3) is 0.238. The van der Waals surface area contributed by atoms with Gasteiger partial charge in [-0.1, -0.05) is 67.9 Å². The zero-order chi connectivity index (χ0) is 15.7. The van der Waals surface area contributed by atoms with E-state index in [9.17, 15) is 0 Å². The molecule has 2 aliphatic rings. The van der Waals surface area contributed by atoms with Gasteiger partial charge in [-0.05, 0) is 64.8 Å². The molecule has 0 bridgehead atoms. The second kappa shape index (κ2) is 6.14. The first-order valence-electron chi connectivity index (χ1n) is 7.81. The smallest absolute Gasteiger partial charge is 0.0408 e. The van der Waals surface area contributed by atoms with Crippen molar-refractivity contribution in [3.05, 3.63) is 81.9 Å². The van der Waals surface area contributed by atoms with Crippen LogP contribution in [0.4, 0.5) is 0 Å². The van der Waals surface area contributed by atoms with E-state index >= 15 is 0 Å². The monoisotopic (exact) mass is 308 g/mol. The standard InChI is InChI=1S/C21H21Cl/c1-14(2)17-8-9-18(11-16-5-4-6-19(22)12-16)20-10-7-15(3)21(20)13-17/h4-10,12-14H,11H2,1-3H3. The first-order valence-corrected chi connectivity index (χ1v) is 8.19. The number of benzene rings is 1. The molecule has 2 aliphatic carbocycles. The van der Waals surface area contributed by atoms with E-state index in [1.807, 2.05) is 12.1 Å². The lowest BCUT2D eigenvalue weighted by Crippen LogP contribution is -1.89. The molecule has 0 N–H and O–H groups in total. The molecule has 0 saturated carbocycles. The highest BCUT2D eigenvalue weighted by atomic mass is 35.5. The second-order valence-electron chi connectivity index (χ2n) is 6.31. The van der Waals surface area contributed by atoms with Gasteiger partial charge in [-0.25, -0.2) is 0 Å². The van der Waals surface area contributed by atoms with Crippen LogP contribution < -0.4 is 0 Å². The Morgan fingerprint density at radius 2 is 1.73 bits per heavy atom. The minimum Gasteiger partial charge on any atom is -0.0843 e. The highest BCUT2D eigenvalue weighted by Crippen LogP contribution is 2.33. The van der Waals surface area contributed by atoms with Gasteiger partial charge in [0, 0.05) is 5.02 Å². The summed E-state index contributed by atoms with van der Waals surface area (Å²) in [4.78, 5) is 0. The largest absolute Gasteiger partial charge is 0.0843 e. The Morgan fingerprint density at radius 1 is 0.909 bits per heavy atom. The molecule has 0 spiro atoms. The maximum atomic E-state index is 6.13. The molecular weight excluding hydrogens is 288 g/mol. The molecule has 0 heterocycles. The Hall–Kier alpha value is -1.79. The SMILES string of the molecule is Cc1ccc2c(Cc3cccc(Cl)c3)ccc(C(C)C)cc1-2. The highest BCUT2D eigenvalue weighted by molar-refractivity contribution is 6.30. The molecule has 112 valence electrons. The van der Waals surface area contributed by atoms with Gasteiger partial charge in [0.05, 0.1) is 0 Å². The summed E-state index contributed by atoms with van der Waals surface area (Å²) in [6.45, 7) is 6.68. The number of rotatable bonds is 3. The molecule has 0 atom stereocenters. The average Bonchev–Trinajstić information content (AvgIpc) is 2.72. The second-order valence-corrected chi connectivity index (χ2v) is 6.74. The minimum atomic E-state index is 0.531. The molecule has 3 rings (SSSR count). The lowest BCUT2D eigenvalue weighted by Gasteiger charge is -2.06. The van der Waals surface area contributed by atoms with E-state index < -0.39 is 0 Å². The zero-order valence-corrected chi connectivity index (χ0v) is 14.1. The minimum absolute atomic E-state index is 0.531. The van der Waals surface area contributed by atoms with E-state index in [1.165, 1.54) is 33.4 Å². The summed E-state index contributed by atoms with van der Waals surface area (Å²) in [5.41, 5.74) is 8.06. The molecule has 0 fully saturated rings. The van der Waals surface area contributed by atoms with Crippen molar-refractivity contribution in [2.75, 3.05) is 0 Å². The number of aryl methyl sites for hydroxylation is 1. The summed E-state index contributed by atoms with van der Waals surface area (Å²) in [5, 5.41) is 0.801. The van der Waals surface area contributed by atoms with Crippen LogP contribution in [0.5, 0.6) is 0 Å². The summed E-state index contributed by atoms with van der Waals surface area (Å²) in [5.74, 6) is 0.531. The Morgan fingerprint density at radius 3 is 2.45 bits per heavy atom. The van der Waals surface area contributed by atoms with Gasteiger partial charge in [0.25, 0.3) is 0 Å². The van der Waals surface area contributed by atoms with Crippen molar-refractivity contribution in [2.45, 2.75) is 33.1 Å². The van der Waals surface area contributed by atoms with Gasteiger partial charge in [-0.2, -0.15) is 0 Å². The van der Waals surface area contributed by atoms with Crippen molar-refractivity contribution in [2.24, 2.45) is 0 Å². The molecule has 22 heavy (non-hydrogen) atoms. The Balaban J connectivity index is 2.09. The summed E-state index contributed by atoms with van der Waals surface area (Å²) in [7, 11) is 0. The predicted octanol–water partition coefficient (Wildman–Crippen LogP) is 6.47. The molecule has 0 saturated heterocycles. The molecule has 1 aromatic carbocycles. The highest BCUT2D eigenvalue weighted by Gasteiger charge is 2.12. The van der Waals surface area contributed by atoms with Crippen LogP contribution in [0.2, 0.25) is 5.02 Å². The van der Waals surface area contributed by atoms with Crippen LogP contribution in [0.25, 0.3) is 11.1 Å². The Bertz CT molecular complexity index is 771. The van der Waals surface area contributed by atoms with E-state index in [-0.39, 0.29) is 0 Å². The van der Waals surface area contributed by atoms with E-state index in [2.05, 4.69) is 63.2 Å². The van der Waals surface area contributed by atoms with Crippen LogP contribution in [-0.4, -0.2) is 0 Å². The van der Waals surface area contributed by atoms with E-state index in [0.717, 1.165) is 11.4 Å². The van der Waals surface area contributed by atoms with Crippen LogP contribution in [0.1, 0.15) is 42.0 Å². The summed E-state index contributed by atoms with van der Waals surface area (Å²) in [6.07, 6.45) is 0.909. The Kier molecular flexibility index (Phi) is 4.22. The van der Waals surface area contributed by atoms with Gasteiger partial charge in [0.1, 0.15) is 0 Å². The number of hydrogen-bond donors (Lipinski definition) is 0. The average molecular weight is 309 g/mol. The summed E-state index contributed by atoms with van der Waals surface area (Å²) in [6, 6.07) is 19.5. The van der Waals surface area contributed by atoms with Crippen LogP contribution in [0, 0.1) is 6.92 Å².